The van der Waals surface area contributed by atoms with Gasteiger partial charge >= 0.3 is 0 Å². The molecule has 0 amide bonds. The van der Waals surface area contributed by atoms with Gasteiger partial charge in [0.15, 0.2) is 11.6 Å². The Morgan fingerprint density at radius 1 is 0.923 bits per heavy atom. The van der Waals surface area contributed by atoms with E-state index < -0.39 is 5.82 Å². The fourth-order valence-corrected chi connectivity index (χ4v) is 2.95. The van der Waals surface area contributed by atoms with Crippen LogP contribution in [0.2, 0.25) is 0 Å². The first-order valence-electron chi connectivity index (χ1n) is 8.29. The Morgan fingerprint density at radius 2 is 1.73 bits per heavy atom. The van der Waals surface area contributed by atoms with Gasteiger partial charge < -0.3 is 15.6 Å². The van der Waals surface area contributed by atoms with Crippen molar-refractivity contribution in [2.45, 2.75) is 13.8 Å². The summed E-state index contributed by atoms with van der Waals surface area (Å²) >= 11 is 0. The molecule has 0 fully saturated rings. The van der Waals surface area contributed by atoms with Crippen LogP contribution in [0.5, 0.6) is 0 Å². The molecule has 0 aliphatic carbocycles. The molecule has 2 heterocycles. The lowest BCUT2D eigenvalue weighted by Crippen LogP contribution is -2.03. The predicted molar refractivity (Wildman–Crippen MR) is 103 cm³/mol. The third-order valence-electron chi connectivity index (χ3n) is 4.04. The fourth-order valence-electron chi connectivity index (χ4n) is 2.95. The number of aromatic nitrogens is 3. The SMILES string of the molecule is Cc1cc(C)cc(Nc2ncc(F)c(Nc3ccc4cc[nH]c4c3)n2)c1. The van der Waals surface area contributed by atoms with E-state index in [0.29, 0.717) is 5.95 Å². The Kier molecular flexibility index (Phi) is 4.01. The maximum Gasteiger partial charge on any atom is 0.229 e. The molecule has 6 heteroatoms. The molecule has 2 aromatic carbocycles. The molecule has 2 aromatic heterocycles. The van der Waals surface area contributed by atoms with Gasteiger partial charge in [0.25, 0.3) is 0 Å². The molecule has 4 aromatic rings. The molecule has 0 aliphatic rings. The van der Waals surface area contributed by atoms with E-state index in [1.54, 1.807) is 0 Å². The number of nitrogens with zero attached hydrogens (tertiary/aromatic N) is 2. The summed E-state index contributed by atoms with van der Waals surface area (Å²) < 4.78 is 14.2. The number of benzene rings is 2. The molecule has 5 nitrogen and oxygen atoms in total. The van der Waals surface area contributed by atoms with Gasteiger partial charge in [-0.1, -0.05) is 12.1 Å². The van der Waals surface area contributed by atoms with Crippen LogP contribution in [0, 0.1) is 19.7 Å². The van der Waals surface area contributed by atoms with Gasteiger partial charge in [0.1, 0.15) is 0 Å². The van der Waals surface area contributed by atoms with E-state index in [4.69, 9.17) is 0 Å². The van der Waals surface area contributed by atoms with Crippen molar-refractivity contribution >= 4 is 34.0 Å². The summed E-state index contributed by atoms with van der Waals surface area (Å²) in [6, 6.07) is 13.8. The second kappa shape index (κ2) is 6.48. The van der Waals surface area contributed by atoms with Gasteiger partial charge in [-0.05, 0) is 60.7 Å². The first kappa shape index (κ1) is 16.1. The molecule has 0 bridgehead atoms. The minimum Gasteiger partial charge on any atom is -0.361 e. The molecule has 4 rings (SSSR count). The largest absolute Gasteiger partial charge is 0.361 e. The second-order valence-electron chi connectivity index (χ2n) is 6.30. The number of aryl methyl sites for hydroxylation is 2. The highest BCUT2D eigenvalue weighted by Crippen LogP contribution is 2.24. The van der Waals surface area contributed by atoms with Crippen molar-refractivity contribution in [1.29, 1.82) is 0 Å². The number of fused-ring (bicyclic) bond motifs is 1. The lowest BCUT2D eigenvalue weighted by Gasteiger charge is -2.10. The number of anilines is 4. The normalized spacial score (nSPS) is 10.9. The second-order valence-corrected chi connectivity index (χ2v) is 6.30. The average Bonchev–Trinajstić information content (AvgIpc) is 3.05. The van der Waals surface area contributed by atoms with Crippen molar-refractivity contribution in [3.05, 3.63) is 71.8 Å². The van der Waals surface area contributed by atoms with Crippen molar-refractivity contribution in [2.75, 3.05) is 10.6 Å². The number of hydrogen-bond acceptors (Lipinski definition) is 4. The Morgan fingerprint density at radius 3 is 2.54 bits per heavy atom. The predicted octanol–water partition coefficient (Wildman–Crippen LogP) is 5.20. The van der Waals surface area contributed by atoms with Crippen LogP contribution in [0.1, 0.15) is 11.1 Å². The van der Waals surface area contributed by atoms with E-state index in [2.05, 4.69) is 31.7 Å². The third-order valence-corrected chi connectivity index (χ3v) is 4.04. The van der Waals surface area contributed by atoms with Crippen LogP contribution in [0.3, 0.4) is 0 Å². The van der Waals surface area contributed by atoms with Crippen molar-refractivity contribution in [1.82, 2.24) is 15.0 Å². The number of halogens is 1. The molecule has 3 N–H and O–H groups in total. The number of aromatic amines is 1. The monoisotopic (exact) mass is 347 g/mol. The minimum atomic E-state index is -0.512. The maximum atomic E-state index is 14.2. The Labute approximate surface area is 150 Å². The molecule has 0 atom stereocenters. The molecular weight excluding hydrogens is 329 g/mol. The lowest BCUT2D eigenvalue weighted by atomic mass is 10.1. The van der Waals surface area contributed by atoms with Gasteiger partial charge in [0.05, 0.1) is 6.20 Å². The third kappa shape index (κ3) is 3.35. The Balaban J connectivity index is 1.61. The van der Waals surface area contributed by atoms with Gasteiger partial charge in [0, 0.05) is 23.1 Å². The van der Waals surface area contributed by atoms with Gasteiger partial charge in [-0.25, -0.2) is 9.37 Å². The van der Waals surface area contributed by atoms with Gasteiger partial charge in [-0.15, -0.1) is 0 Å². The van der Waals surface area contributed by atoms with Crippen molar-refractivity contribution < 1.29 is 4.39 Å². The fraction of sp³-hybridized carbons (Fsp3) is 0.100. The summed E-state index contributed by atoms with van der Waals surface area (Å²) in [5, 5.41) is 7.24. The van der Waals surface area contributed by atoms with Crippen LogP contribution in [0.25, 0.3) is 10.9 Å². The van der Waals surface area contributed by atoms with Gasteiger partial charge in [-0.3, -0.25) is 0 Å². The molecular formula is C20H18FN5. The average molecular weight is 347 g/mol. The molecule has 0 unspecified atom stereocenters. The van der Waals surface area contributed by atoms with Crippen LogP contribution in [-0.4, -0.2) is 15.0 Å². The van der Waals surface area contributed by atoms with E-state index >= 15 is 0 Å². The van der Waals surface area contributed by atoms with Crippen LogP contribution in [0.15, 0.2) is 54.9 Å². The molecule has 0 saturated heterocycles. The van der Waals surface area contributed by atoms with E-state index in [1.165, 1.54) is 0 Å². The molecule has 0 radical (unpaired) electrons. The molecule has 0 spiro atoms. The highest BCUT2D eigenvalue weighted by Gasteiger charge is 2.09. The number of H-pyrrole nitrogens is 1. The zero-order valence-corrected chi connectivity index (χ0v) is 14.5. The molecule has 26 heavy (non-hydrogen) atoms. The minimum absolute atomic E-state index is 0.123. The van der Waals surface area contributed by atoms with Crippen LogP contribution >= 0.6 is 0 Å². The smallest absolute Gasteiger partial charge is 0.229 e. The number of rotatable bonds is 4. The lowest BCUT2D eigenvalue weighted by molar-refractivity contribution is 0.619. The van der Waals surface area contributed by atoms with Crippen molar-refractivity contribution in [2.24, 2.45) is 0 Å². The first-order chi connectivity index (χ1) is 12.6. The van der Waals surface area contributed by atoms with Crippen LogP contribution in [-0.2, 0) is 0 Å². The van der Waals surface area contributed by atoms with Gasteiger partial charge in [0.2, 0.25) is 5.95 Å². The molecule has 0 saturated carbocycles. The van der Waals surface area contributed by atoms with Crippen LogP contribution in [0.4, 0.5) is 27.5 Å². The number of nitrogens with one attached hydrogen (secondary N) is 3. The van der Waals surface area contributed by atoms with Crippen LogP contribution < -0.4 is 10.6 Å². The summed E-state index contributed by atoms with van der Waals surface area (Å²) in [5.41, 5.74) is 4.85. The summed E-state index contributed by atoms with van der Waals surface area (Å²) in [6.45, 7) is 4.04. The number of hydrogen-bond donors (Lipinski definition) is 3. The van der Waals surface area contributed by atoms with E-state index in [-0.39, 0.29) is 5.82 Å². The first-order valence-corrected chi connectivity index (χ1v) is 8.29. The highest BCUT2D eigenvalue weighted by molar-refractivity contribution is 5.83. The highest BCUT2D eigenvalue weighted by atomic mass is 19.1. The zero-order chi connectivity index (χ0) is 18.1. The van der Waals surface area contributed by atoms with E-state index in [1.807, 2.05) is 56.4 Å². The Bertz CT molecular complexity index is 1070. The zero-order valence-electron chi connectivity index (χ0n) is 14.5. The summed E-state index contributed by atoms with van der Waals surface area (Å²) in [7, 11) is 0. The van der Waals surface area contributed by atoms with E-state index in [9.17, 15) is 4.39 Å². The summed E-state index contributed by atoms with van der Waals surface area (Å²) in [6.07, 6.45) is 3.03. The standard InChI is InChI=1S/C20H18FN5/c1-12-7-13(2)9-16(8-12)25-20-23-11-17(21)19(26-20)24-15-4-3-14-5-6-22-18(14)10-15/h3-11,22H,1-2H3,(H2,23,24,25,26). The topological polar surface area (TPSA) is 65.6 Å². The quantitative estimate of drug-likeness (QED) is 0.475. The molecule has 130 valence electrons. The van der Waals surface area contributed by atoms with Crippen molar-refractivity contribution in [3.63, 3.8) is 0 Å². The summed E-state index contributed by atoms with van der Waals surface area (Å²) in [5.74, 6) is -0.0554. The Hall–Kier alpha value is -3.41. The van der Waals surface area contributed by atoms with Crippen molar-refractivity contribution in [3.8, 4) is 0 Å². The molecule has 0 aliphatic heterocycles. The maximum absolute atomic E-state index is 14.2. The summed E-state index contributed by atoms with van der Waals surface area (Å²) in [4.78, 5) is 11.4. The van der Waals surface area contributed by atoms with Gasteiger partial charge in [-0.2, -0.15) is 4.98 Å². The van der Waals surface area contributed by atoms with E-state index in [0.717, 1.165) is 39.6 Å².